The van der Waals surface area contributed by atoms with Crippen molar-refractivity contribution in [3.63, 3.8) is 0 Å². The van der Waals surface area contributed by atoms with Crippen LogP contribution in [-0.4, -0.2) is 4.98 Å². The van der Waals surface area contributed by atoms with Gasteiger partial charge in [0.05, 0.1) is 0 Å². The van der Waals surface area contributed by atoms with Crippen LogP contribution in [0.3, 0.4) is 0 Å². The van der Waals surface area contributed by atoms with Crippen LogP contribution in [0.4, 0.5) is 13.2 Å². The third-order valence-electron chi connectivity index (χ3n) is 1.40. The molecule has 0 aromatic carbocycles. The maximum Gasteiger partial charge on any atom is 0.433 e. The first kappa shape index (κ1) is 9.03. The SMILES string of the molecule is [CH2]Cc1ccc(C(F)(F)F)nc1. The summed E-state index contributed by atoms with van der Waals surface area (Å²) in [6.45, 7) is 3.53. The van der Waals surface area contributed by atoms with Crippen LogP contribution < -0.4 is 0 Å². The van der Waals surface area contributed by atoms with E-state index in [2.05, 4.69) is 11.9 Å². The van der Waals surface area contributed by atoms with E-state index in [-0.39, 0.29) is 0 Å². The van der Waals surface area contributed by atoms with Crippen molar-refractivity contribution in [1.82, 2.24) is 4.98 Å². The van der Waals surface area contributed by atoms with Crippen molar-refractivity contribution < 1.29 is 13.2 Å². The van der Waals surface area contributed by atoms with Crippen molar-refractivity contribution in [2.24, 2.45) is 0 Å². The lowest BCUT2D eigenvalue weighted by Crippen LogP contribution is -2.07. The van der Waals surface area contributed by atoms with Gasteiger partial charge >= 0.3 is 6.18 Å². The molecular weight excluding hydrogens is 167 g/mol. The van der Waals surface area contributed by atoms with Crippen molar-refractivity contribution in [3.8, 4) is 0 Å². The molecule has 0 fully saturated rings. The molecular formula is C8H7F3N. The fourth-order valence-corrected chi connectivity index (χ4v) is 0.740. The number of halogens is 3. The van der Waals surface area contributed by atoms with Crippen LogP contribution in [0.25, 0.3) is 0 Å². The molecule has 1 aromatic rings. The second-order valence-electron chi connectivity index (χ2n) is 2.30. The van der Waals surface area contributed by atoms with Crippen molar-refractivity contribution in [2.75, 3.05) is 0 Å². The van der Waals surface area contributed by atoms with Gasteiger partial charge in [-0.3, -0.25) is 4.98 Å². The molecule has 1 heterocycles. The molecule has 1 rings (SSSR count). The van der Waals surface area contributed by atoms with Gasteiger partial charge in [-0.25, -0.2) is 0 Å². The molecule has 0 saturated heterocycles. The van der Waals surface area contributed by atoms with Crippen LogP contribution in [0.1, 0.15) is 11.3 Å². The van der Waals surface area contributed by atoms with E-state index in [0.29, 0.717) is 12.0 Å². The van der Waals surface area contributed by atoms with E-state index in [0.717, 1.165) is 6.07 Å². The summed E-state index contributed by atoms with van der Waals surface area (Å²) in [5.41, 5.74) is -0.164. The molecule has 1 radical (unpaired) electrons. The molecule has 0 atom stereocenters. The summed E-state index contributed by atoms with van der Waals surface area (Å²) >= 11 is 0. The third kappa shape index (κ3) is 1.96. The summed E-state index contributed by atoms with van der Waals surface area (Å²) < 4.78 is 35.8. The molecule has 0 unspecified atom stereocenters. The molecule has 0 spiro atoms. The molecule has 4 heteroatoms. The van der Waals surface area contributed by atoms with Gasteiger partial charge in [-0.05, 0) is 25.0 Å². The molecule has 0 N–H and O–H groups in total. The summed E-state index contributed by atoms with van der Waals surface area (Å²) in [6.07, 6.45) is -2.71. The molecule has 0 amide bonds. The summed E-state index contributed by atoms with van der Waals surface area (Å²) in [6, 6.07) is 2.34. The molecule has 0 aliphatic heterocycles. The Morgan fingerprint density at radius 1 is 1.33 bits per heavy atom. The first-order chi connectivity index (χ1) is 5.54. The van der Waals surface area contributed by atoms with Crippen LogP contribution in [0.5, 0.6) is 0 Å². The molecule has 65 valence electrons. The quantitative estimate of drug-likeness (QED) is 0.637. The highest BCUT2D eigenvalue weighted by molar-refractivity contribution is 5.16. The fourth-order valence-electron chi connectivity index (χ4n) is 0.740. The smallest absolute Gasteiger partial charge is 0.252 e. The highest BCUT2D eigenvalue weighted by Gasteiger charge is 2.31. The molecule has 0 aliphatic rings. The van der Waals surface area contributed by atoms with Crippen molar-refractivity contribution in [1.29, 1.82) is 0 Å². The van der Waals surface area contributed by atoms with E-state index in [4.69, 9.17) is 0 Å². The first-order valence-electron chi connectivity index (χ1n) is 3.35. The van der Waals surface area contributed by atoms with E-state index in [1.54, 1.807) is 0 Å². The zero-order valence-electron chi connectivity index (χ0n) is 6.23. The number of hydrogen-bond donors (Lipinski definition) is 0. The molecule has 0 bridgehead atoms. The molecule has 1 nitrogen and oxygen atoms in total. The Balaban J connectivity index is 2.93. The Morgan fingerprint density at radius 3 is 2.33 bits per heavy atom. The standard InChI is InChI=1S/C8H7F3N/c1-2-6-3-4-7(12-5-6)8(9,10)11/h3-5H,1-2H2. The minimum absolute atomic E-state index is 0.450. The molecule has 0 saturated carbocycles. The second-order valence-corrected chi connectivity index (χ2v) is 2.30. The normalized spacial score (nSPS) is 11.7. The van der Waals surface area contributed by atoms with E-state index < -0.39 is 11.9 Å². The van der Waals surface area contributed by atoms with Crippen LogP contribution in [0.2, 0.25) is 0 Å². The van der Waals surface area contributed by atoms with Crippen LogP contribution in [-0.2, 0) is 12.6 Å². The van der Waals surface area contributed by atoms with Gasteiger partial charge in [0, 0.05) is 6.20 Å². The monoisotopic (exact) mass is 174 g/mol. The zero-order chi connectivity index (χ0) is 9.19. The highest BCUT2D eigenvalue weighted by atomic mass is 19.4. The molecule has 12 heavy (non-hydrogen) atoms. The summed E-state index contributed by atoms with van der Waals surface area (Å²) in [4.78, 5) is 3.26. The lowest BCUT2D eigenvalue weighted by molar-refractivity contribution is -0.141. The van der Waals surface area contributed by atoms with Gasteiger partial charge in [0.15, 0.2) is 0 Å². The van der Waals surface area contributed by atoms with E-state index in [1.165, 1.54) is 12.3 Å². The minimum Gasteiger partial charge on any atom is -0.252 e. The molecule has 1 aromatic heterocycles. The van der Waals surface area contributed by atoms with Gasteiger partial charge in [-0.1, -0.05) is 6.07 Å². The van der Waals surface area contributed by atoms with Crippen LogP contribution in [0, 0.1) is 6.92 Å². The number of aromatic nitrogens is 1. The van der Waals surface area contributed by atoms with Crippen molar-refractivity contribution >= 4 is 0 Å². The Morgan fingerprint density at radius 2 is 2.00 bits per heavy atom. The maximum absolute atomic E-state index is 11.9. The molecule has 0 aliphatic carbocycles. The Labute approximate surface area is 68.2 Å². The fraction of sp³-hybridized carbons (Fsp3) is 0.250. The van der Waals surface area contributed by atoms with E-state index in [9.17, 15) is 13.2 Å². The van der Waals surface area contributed by atoms with Crippen LogP contribution >= 0.6 is 0 Å². The summed E-state index contributed by atoms with van der Waals surface area (Å²) in [5, 5.41) is 0. The van der Waals surface area contributed by atoms with Gasteiger partial charge < -0.3 is 0 Å². The Kier molecular flexibility index (Phi) is 2.35. The largest absolute Gasteiger partial charge is 0.433 e. The highest BCUT2D eigenvalue weighted by Crippen LogP contribution is 2.27. The number of nitrogens with zero attached hydrogens (tertiary/aromatic N) is 1. The predicted molar refractivity (Wildman–Crippen MR) is 38.3 cm³/mol. The van der Waals surface area contributed by atoms with Crippen LogP contribution in [0.15, 0.2) is 18.3 Å². The summed E-state index contributed by atoms with van der Waals surface area (Å²) in [5.74, 6) is 0. The Hall–Kier alpha value is -1.06. The number of alkyl halides is 3. The van der Waals surface area contributed by atoms with Gasteiger partial charge in [0.2, 0.25) is 0 Å². The third-order valence-corrected chi connectivity index (χ3v) is 1.40. The number of pyridine rings is 1. The predicted octanol–water partition coefficient (Wildman–Crippen LogP) is 2.48. The van der Waals surface area contributed by atoms with E-state index in [1.807, 2.05) is 0 Å². The topological polar surface area (TPSA) is 12.9 Å². The van der Waals surface area contributed by atoms with Gasteiger partial charge in [-0.15, -0.1) is 0 Å². The van der Waals surface area contributed by atoms with Gasteiger partial charge in [0.25, 0.3) is 0 Å². The number of rotatable bonds is 1. The van der Waals surface area contributed by atoms with E-state index >= 15 is 0 Å². The van der Waals surface area contributed by atoms with Crippen molar-refractivity contribution in [3.05, 3.63) is 36.5 Å². The first-order valence-corrected chi connectivity index (χ1v) is 3.35. The maximum atomic E-state index is 11.9. The average molecular weight is 174 g/mol. The lowest BCUT2D eigenvalue weighted by atomic mass is 10.2. The lowest BCUT2D eigenvalue weighted by Gasteiger charge is -2.04. The number of hydrogen-bond acceptors (Lipinski definition) is 1. The minimum atomic E-state index is -4.35. The van der Waals surface area contributed by atoms with Gasteiger partial charge in [0.1, 0.15) is 5.69 Å². The summed E-state index contributed by atoms with van der Waals surface area (Å²) in [7, 11) is 0. The van der Waals surface area contributed by atoms with Gasteiger partial charge in [-0.2, -0.15) is 13.2 Å². The second kappa shape index (κ2) is 3.13. The van der Waals surface area contributed by atoms with Crippen molar-refractivity contribution in [2.45, 2.75) is 12.6 Å². The Bertz CT molecular complexity index is 250. The average Bonchev–Trinajstić information content (AvgIpc) is 2.03. The zero-order valence-corrected chi connectivity index (χ0v) is 6.23.